The number of aromatic nitrogens is 2. The summed E-state index contributed by atoms with van der Waals surface area (Å²) in [4.78, 5) is 38.9. The first kappa shape index (κ1) is 20.6. The predicted octanol–water partition coefficient (Wildman–Crippen LogP) is 2.27. The van der Waals surface area contributed by atoms with E-state index in [0.29, 0.717) is 11.4 Å². The van der Waals surface area contributed by atoms with E-state index in [9.17, 15) is 14.4 Å². The summed E-state index contributed by atoms with van der Waals surface area (Å²) < 4.78 is 7.02. The van der Waals surface area contributed by atoms with Gasteiger partial charge in [0.2, 0.25) is 5.91 Å². The van der Waals surface area contributed by atoms with E-state index in [2.05, 4.69) is 10.4 Å². The summed E-state index contributed by atoms with van der Waals surface area (Å²) in [5.74, 6) is -1.71. The van der Waals surface area contributed by atoms with E-state index in [0.717, 1.165) is 16.9 Å². The van der Waals surface area contributed by atoms with Gasteiger partial charge < -0.3 is 15.0 Å². The van der Waals surface area contributed by atoms with Crippen molar-refractivity contribution in [3.63, 3.8) is 0 Å². The van der Waals surface area contributed by atoms with Crippen molar-refractivity contribution in [1.29, 1.82) is 0 Å². The Morgan fingerprint density at radius 3 is 2.45 bits per heavy atom. The molecule has 0 bridgehead atoms. The van der Waals surface area contributed by atoms with E-state index < -0.39 is 23.9 Å². The van der Waals surface area contributed by atoms with Crippen LogP contribution in [0.3, 0.4) is 0 Å². The summed E-state index contributed by atoms with van der Waals surface area (Å²) in [6.07, 6.45) is -0.910. The minimum Gasteiger partial charge on any atom is -0.452 e. The Hall–Kier alpha value is -3.16. The molecule has 1 saturated heterocycles. The number of benzene rings is 1. The zero-order chi connectivity index (χ0) is 21.3. The maximum atomic E-state index is 12.5. The van der Waals surface area contributed by atoms with Crippen molar-refractivity contribution in [2.75, 3.05) is 16.8 Å². The van der Waals surface area contributed by atoms with Gasteiger partial charge in [0.25, 0.3) is 5.91 Å². The largest absolute Gasteiger partial charge is 0.452 e. The van der Waals surface area contributed by atoms with Crippen molar-refractivity contribution in [2.45, 2.75) is 40.2 Å². The van der Waals surface area contributed by atoms with Gasteiger partial charge in [0.05, 0.1) is 23.0 Å². The van der Waals surface area contributed by atoms with Crippen LogP contribution in [0, 0.1) is 26.7 Å². The Balaban J connectivity index is 1.60. The van der Waals surface area contributed by atoms with Gasteiger partial charge >= 0.3 is 5.97 Å². The maximum Gasteiger partial charge on any atom is 0.312 e. The highest BCUT2D eigenvalue weighted by Crippen LogP contribution is 2.26. The molecule has 0 radical (unpaired) electrons. The van der Waals surface area contributed by atoms with E-state index in [-0.39, 0.29) is 18.9 Å². The molecule has 1 aromatic heterocycles. The van der Waals surface area contributed by atoms with Crippen LogP contribution < -0.4 is 10.2 Å². The standard InChI is InChI=1S/C21H26N4O4/c1-12-6-8-17(9-7-12)25-11-16(10-18(25)26)21(28)29-15(4)20(27)22-19-13(2)23-24(5)14(19)3/h6-9,15-16H,10-11H2,1-5H3,(H,22,27)/t15-,16-/m0/s1. The molecule has 0 aliphatic carbocycles. The van der Waals surface area contributed by atoms with Gasteiger partial charge in [0.1, 0.15) is 0 Å². The number of carbonyl (C=O) groups excluding carboxylic acids is 3. The lowest BCUT2D eigenvalue weighted by Gasteiger charge is -2.18. The van der Waals surface area contributed by atoms with Crippen LogP contribution >= 0.6 is 0 Å². The Kier molecular flexibility index (Phi) is 5.72. The van der Waals surface area contributed by atoms with Crippen molar-refractivity contribution in [2.24, 2.45) is 13.0 Å². The molecule has 0 spiro atoms. The third-order valence-corrected chi connectivity index (χ3v) is 5.22. The Morgan fingerprint density at radius 1 is 1.21 bits per heavy atom. The number of hydrogen-bond acceptors (Lipinski definition) is 5. The summed E-state index contributed by atoms with van der Waals surface area (Å²) >= 11 is 0. The first-order valence-corrected chi connectivity index (χ1v) is 9.56. The number of hydrogen-bond donors (Lipinski definition) is 1. The number of esters is 1. The van der Waals surface area contributed by atoms with Crippen LogP contribution in [0.5, 0.6) is 0 Å². The Morgan fingerprint density at radius 2 is 1.86 bits per heavy atom. The summed E-state index contributed by atoms with van der Waals surface area (Å²) in [7, 11) is 1.79. The van der Waals surface area contributed by atoms with Gasteiger partial charge in [0, 0.05) is 25.7 Å². The lowest BCUT2D eigenvalue weighted by Crippen LogP contribution is -2.33. The predicted molar refractivity (Wildman–Crippen MR) is 109 cm³/mol. The van der Waals surface area contributed by atoms with Gasteiger partial charge in [-0.1, -0.05) is 17.7 Å². The molecule has 154 valence electrons. The monoisotopic (exact) mass is 398 g/mol. The molecule has 2 heterocycles. The molecular formula is C21H26N4O4. The Labute approximate surface area is 169 Å². The quantitative estimate of drug-likeness (QED) is 0.780. The molecule has 0 unspecified atom stereocenters. The second kappa shape index (κ2) is 8.06. The lowest BCUT2D eigenvalue weighted by atomic mass is 10.1. The minimum atomic E-state index is -0.981. The number of amides is 2. The Bertz CT molecular complexity index is 948. The van der Waals surface area contributed by atoms with Crippen LogP contribution in [0.15, 0.2) is 24.3 Å². The smallest absolute Gasteiger partial charge is 0.312 e. The van der Waals surface area contributed by atoms with Crippen molar-refractivity contribution in [1.82, 2.24) is 9.78 Å². The molecule has 1 aliphatic rings. The molecular weight excluding hydrogens is 372 g/mol. The summed E-state index contributed by atoms with van der Waals surface area (Å²) in [5.41, 5.74) is 3.96. The van der Waals surface area contributed by atoms with Gasteiger partial charge in [-0.25, -0.2) is 0 Å². The van der Waals surface area contributed by atoms with Gasteiger partial charge in [-0.3, -0.25) is 19.1 Å². The zero-order valence-corrected chi connectivity index (χ0v) is 17.4. The minimum absolute atomic E-state index is 0.0713. The molecule has 8 nitrogen and oxygen atoms in total. The summed E-state index contributed by atoms with van der Waals surface area (Å²) in [5, 5.41) is 7.02. The second-order valence-corrected chi connectivity index (χ2v) is 7.48. The van der Waals surface area contributed by atoms with Crippen LogP contribution in [-0.4, -0.2) is 40.2 Å². The fourth-order valence-corrected chi connectivity index (χ4v) is 3.34. The topological polar surface area (TPSA) is 93.5 Å². The van der Waals surface area contributed by atoms with Gasteiger partial charge in [-0.05, 0) is 39.8 Å². The molecule has 2 atom stereocenters. The number of anilines is 2. The summed E-state index contributed by atoms with van der Waals surface area (Å²) in [6.45, 7) is 7.37. The average Bonchev–Trinajstić information content (AvgIpc) is 3.17. The van der Waals surface area contributed by atoms with E-state index in [4.69, 9.17) is 4.74 Å². The van der Waals surface area contributed by atoms with Crippen molar-refractivity contribution >= 4 is 29.2 Å². The third-order valence-electron chi connectivity index (χ3n) is 5.22. The summed E-state index contributed by atoms with van der Waals surface area (Å²) in [6, 6.07) is 7.55. The van der Waals surface area contributed by atoms with Crippen molar-refractivity contribution in [3.05, 3.63) is 41.2 Å². The van der Waals surface area contributed by atoms with Gasteiger partial charge in [0.15, 0.2) is 6.10 Å². The molecule has 1 N–H and O–H groups in total. The normalized spacial score (nSPS) is 17.3. The first-order valence-electron chi connectivity index (χ1n) is 9.56. The fourth-order valence-electron chi connectivity index (χ4n) is 3.34. The average molecular weight is 398 g/mol. The molecule has 1 fully saturated rings. The lowest BCUT2D eigenvalue weighted by molar-refractivity contribution is -0.157. The first-order chi connectivity index (χ1) is 13.7. The molecule has 8 heteroatoms. The van der Waals surface area contributed by atoms with E-state index in [1.807, 2.05) is 38.1 Å². The number of rotatable bonds is 5. The van der Waals surface area contributed by atoms with Gasteiger partial charge in [-0.15, -0.1) is 0 Å². The molecule has 1 aromatic carbocycles. The SMILES string of the molecule is Cc1ccc(N2C[C@@H](C(=O)O[C@@H](C)C(=O)Nc3c(C)nn(C)c3C)CC2=O)cc1. The molecule has 2 aromatic rings. The van der Waals surface area contributed by atoms with Crippen LogP contribution in [0.1, 0.15) is 30.3 Å². The van der Waals surface area contributed by atoms with Crippen LogP contribution in [0.25, 0.3) is 0 Å². The van der Waals surface area contributed by atoms with E-state index in [1.165, 1.54) is 6.92 Å². The van der Waals surface area contributed by atoms with Crippen LogP contribution in [0.4, 0.5) is 11.4 Å². The number of nitrogens with zero attached hydrogens (tertiary/aromatic N) is 3. The molecule has 29 heavy (non-hydrogen) atoms. The van der Waals surface area contributed by atoms with Crippen LogP contribution in [0.2, 0.25) is 0 Å². The number of ether oxygens (including phenoxy) is 1. The number of nitrogens with one attached hydrogen (secondary N) is 1. The third kappa shape index (κ3) is 4.31. The van der Waals surface area contributed by atoms with Crippen molar-refractivity contribution in [3.8, 4) is 0 Å². The highest BCUT2D eigenvalue weighted by molar-refractivity contribution is 6.00. The fraction of sp³-hybridized carbons (Fsp3) is 0.429. The van der Waals surface area contributed by atoms with E-state index >= 15 is 0 Å². The molecule has 0 saturated carbocycles. The van der Waals surface area contributed by atoms with Crippen molar-refractivity contribution < 1.29 is 19.1 Å². The number of aryl methyl sites for hydroxylation is 3. The highest BCUT2D eigenvalue weighted by Gasteiger charge is 2.37. The molecule has 2 amide bonds. The van der Waals surface area contributed by atoms with Crippen LogP contribution in [-0.2, 0) is 26.2 Å². The van der Waals surface area contributed by atoms with E-state index in [1.54, 1.807) is 23.6 Å². The zero-order valence-electron chi connectivity index (χ0n) is 17.4. The van der Waals surface area contributed by atoms with Gasteiger partial charge in [-0.2, -0.15) is 5.10 Å². The molecule has 3 rings (SSSR count). The second-order valence-electron chi connectivity index (χ2n) is 7.48. The number of carbonyl (C=O) groups is 3. The highest BCUT2D eigenvalue weighted by atomic mass is 16.5. The maximum absolute atomic E-state index is 12.5. The molecule has 1 aliphatic heterocycles.